The van der Waals surface area contributed by atoms with Crippen molar-refractivity contribution in [3.8, 4) is 0 Å². The molecule has 0 bridgehead atoms. The van der Waals surface area contributed by atoms with E-state index < -0.39 is 24.5 Å². The summed E-state index contributed by atoms with van der Waals surface area (Å²) in [7, 11) is 0. The number of hydrogen-bond acceptors (Lipinski definition) is 6. The third-order valence-corrected chi connectivity index (χ3v) is 1.27. The Labute approximate surface area is 102 Å². The van der Waals surface area contributed by atoms with Crippen LogP contribution in [0.5, 0.6) is 0 Å². The fourth-order valence-corrected chi connectivity index (χ4v) is 0.645. The van der Waals surface area contributed by atoms with Crippen molar-refractivity contribution in [3.63, 3.8) is 0 Å². The van der Waals surface area contributed by atoms with E-state index in [2.05, 4.69) is 4.84 Å². The zero-order valence-electron chi connectivity index (χ0n) is 8.34. The molecular weight excluding hydrogens is 269 g/mol. The van der Waals surface area contributed by atoms with E-state index in [1.165, 1.54) is 20.8 Å². The van der Waals surface area contributed by atoms with Gasteiger partial charge in [-0.15, -0.1) is 0 Å². The van der Waals surface area contributed by atoms with E-state index in [4.69, 9.17) is 15.3 Å². The van der Waals surface area contributed by atoms with E-state index in [1.54, 1.807) is 0 Å². The molecule has 0 amide bonds. The first-order valence-electron chi connectivity index (χ1n) is 3.90. The molecule has 14 heavy (non-hydrogen) atoms. The Morgan fingerprint density at radius 2 is 1.50 bits per heavy atom. The van der Waals surface area contributed by atoms with Gasteiger partial charge in [0.05, 0.1) is 0 Å². The molecule has 0 aliphatic heterocycles. The number of nitrogens with zero attached hydrogens (tertiary/aromatic N) is 1. The van der Waals surface area contributed by atoms with Crippen LogP contribution in [0, 0.1) is 0 Å². The van der Waals surface area contributed by atoms with Crippen molar-refractivity contribution in [1.29, 1.82) is 0 Å². The zero-order valence-corrected chi connectivity index (χ0v) is 10.8. The third kappa shape index (κ3) is 5.83. The van der Waals surface area contributed by atoms with Gasteiger partial charge in [0.15, 0.2) is 6.10 Å². The second kappa shape index (κ2) is 7.48. The Morgan fingerprint density at radius 1 is 1.14 bits per heavy atom. The predicted octanol–water partition coefficient (Wildman–Crippen LogP) is -1.20. The first-order valence-corrected chi connectivity index (χ1v) is 3.90. The molecule has 0 heterocycles. The van der Waals surface area contributed by atoms with Crippen molar-refractivity contribution < 1.29 is 51.2 Å². The molecule has 3 atom stereocenters. The summed E-state index contributed by atoms with van der Waals surface area (Å²) in [4.78, 5) is 15.3. The van der Waals surface area contributed by atoms with Crippen molar-refractivity contribution in [1.82, 2.24) is 5.06 Å². The molecular formula is C7H15NO5Zr. The largest absolute Gasteiger partial charge is 0.382 e. The topological polar surface area (TPSA) is 90.2 Å². The van der Waals surface area contributed by atoms with E-state index in [9.17, 15) is 4.79 Å². The number of rotatable bonds is 4. The van der Waals surface area contributed by atoms with E-state index >= 15 is 0 Å². The molecule has 0 rings (SSSR count). The minimum atomic E-state index is -1.29. The first-order chi connectivity index (χ1) is 5.86. The van der Waals surface area contributed by atoms with Crippen LogP contribution in [0.4, 0.5) is 0 Å². The van der Waals surface area contributed by atoms with Crippen LogP contribution in [0.15, 0.2) is 0 Å². The molecule has 6 nitrogen and oxygen atoms in total. The van der Waals surface area contributed by atoms with Crippen LogP contribution in [-0.2, 0) is 35.8 Å². The molecule has 0 aromatic rings. The van der Waals surface area contributed by atoms with E-state index in [-0.39, 0.29) is 26.2 Å². The maximum atomic E-state index is 10.8. The van der Waals surface area contributed by atoms with Gasteiger partial charge in [-0.2, -0.15) is 0 Å². The number of aliphatic hydroxyl groups excluding tert-OH is 3. The summed E-state index contributed by atoms with van der Waals surface area (Å²) < 4.78 is 0. The molecule has 0 aromatic heterocycles. The normalized spacial score (nSPS) is 16.8. The van der Waals surface area contributed by atoms with Gasteiger partial charge in [-0.3, -0.25) is 0 Å². The quantitative estimate of drug-likeness (QED) is 0.444. The van der Waals surface area contributed by atoms with Gasteiger partial charge in [0.2, 0.25) is 0 Å². The minimum absolute atomic E-state index is 0. The standard InChI is InChI=1S/C7H15NO5.Zr/c1-4(9)7(12)13-8(5(2)10)6(3)11;/h4-6,9-11H,1-3H3;. The van der Waals surface area contributed by atoms with Crippen molar-refractivity contribution in [2.45, 2.75) is 39.3 Å². The summed E-state index contributed by atoms with van der Waals surface area (Å²) in [5.74, 6) is -0.929. The SMILES string of the molecule is CC(O)C(=O)ON(C(C)O)C(C)O.[Zr]. The fourth-order valence-electron chi connectivity index (χ4n) is 0.645. The Balaban J connectivity index is 0. The number of carbonyl (C=O) groups is 1. The molecule has 0 spiro atoms. The summed E-state index contributed by atoms with van der Waals surface area (Å²) in [6.07, 6.45) is -3.56. The Bertz CT molecular complexity index is 165. The molecule has 3 unspecified atom stereocenters. The van der Waals surface area contributed by atoms with E-state index in [1.807, 2.05) is 0 Å². The molecule has 0 aliphatic rings. The van der Waals surface area contributed by atoms with Gasteiger partial charge >= 0.3 is 5.97 Å². The van der Waals surface area contributed by atoms with Crippen LogP contribution in [0.3, 0.4) is 0 Å². The van der Waals surface area contributed by atoms with Crippen LogP contribution >= 0.6 is 0 Å². The van der Waals surface area contributed by atoms with Gasteiger partial charge in [-0.05, 0) is 20.8 Å². The Morgan fingerprint density at radius 3 is 1.71 bits per heavy atom. The molecule has 0 saturated carbocycles. The second-order valence-corrected chi connectivity index (χ2v) is 2.71. The van der Waals surface area contributed by atoms with Crippen LogP contribution in [0.2, 0.25) is 0 Å². The predicted molar refractivity (Wildman–Crippen MR) is 43.0 cm³/mol. The number of hydrogen-bond donors (Lipinski definition) is 3. The summed E-state index contributed by atoms with van der Waals surface area (Å²) in [6.45, 7) is 3.87. The molecule has 82 valence electrons. The van der Waals surface area contributed by atoms with Gasteiger partial charge < -0.3 is 20.2 Å². The Hall–Kier alpha value is 0.193. The van der Waals surface area contributed by atoms with Crippen LogP contribution in [0.1, 0.15) is 20.8 Å². The molecule has 0 aromatic carbocycles. The van der Waals surface area contributed by atoms with Crippen LogP contribution in [0.25, 0.3) is 0 Å². The smallest absolute Gasteiger partial charge is 0.353 e. The van der Waals surface area contributed by atoms with Crippen molar-refractivity contribution in [2.24, 2.45) is 0 Å². The maximum Gasteiger partial charge on any atom is 0.353 e. The molecule has 3 N–H and O–H groups in total. The van der Waals surface area contributed by atoms with Gasteiger partial charge in [-0.25, -0.2) is 4.79 Å². The number of aliphatic hydroxyl groups is 3. The summed E-state index contributed by atoms with van der Waals surface area (Å²) in [6, 6.07) is 0. The summed E-state index contributed by atoms with van der Waals surface area (Å²) in [5, 5.41) is 27.5. The molecule has 0 fully saturated rings. The van der Waals surface area contributed by atoms with Crippen LogP contribution in [-0.4, -0.2) is 44.9 Å². The van der Waals surface area contributed by atoms with Gasteiger partial charge in [-0.1, -0.05) is 5.06 Å². The second-order valence-electron chi connectivity index (χ2n) is 2.71. The number of carbonyl (C=O) groups excluding carboxylic acids is 1. The fraction of sp³-hybridized carbons (Fsp3) is 0.857. The van der Waals surface area contributed by atoms with Gasteiger partial charge in [0, 0.05) is 26.2 Å². The van der Waals surface area contributed by atoms with Crippen molar-refractivity contribution in [2.75, 3.05) is 0 Å². The molecule has 0 aliphatic carbocycles. The first kappa shape index (κ1) is 16.6. The third-order valence-electron chi connectivity index (χ3n) is 1.27. The van der Waals surface area contributed by atoms with Crippen molar-refractivity contribution >= 4 is 5.97 Å². The molecule has 0 radical (unpaired) electrons. The maximum absolute atomic E-state index is 10.8. The Kier molecular flexibility index (Phi) is 8.88. The minimum Gasteiger partial charge on any atom is -0.382 e. The molecule has 0 saturated heterocycles. The molecule has 7 heteroatoms. The van der Waals surface area contributed by atoms with Gasteiger partial charge in [0.25, 0.3) is 0 Å². The average Bonchev–Trinajstić information content (AvgIpc) is 1.97. The summed E-state index contributed by atoms with van der Waals surface area (Å²) >= 11 is 0. The average molecular weight is 284 g/mol. The summed E-state index contributed by atoms with van der Waals surface area (Å²) in [5.41, 5.74) is 0. The van der Waals surface area contributed by atoms with E-state index in [0.717, 1.165) is 0 Å². The monoisotopic (exact) mass is 283 g/mol. The van der Waals surface area contributed by atoms with Crippen molar-refractivity contribution in [3.05, 3.63) is 0 Å². The van der Waals surface area contributed by atoms with Gasteiger partial charge in [0.1, 0.15) is 12.5 Å². The van der Waals surface area contributed by atoms with Crippen LogP contribution < -0.4 is 0 Å². The van der Waals surface area contributed by atoms with E-state index in [0.29, 0.717) is 5.06 Å². The zero-order chi connectivity index (χ0) is 10.6. The number of hydroxylamine groups is 2.